The number of sulfonamides is 1. The van der Waals surface area contributed by atoms with Gasteiger partial charge in [0.15, 0.2) is 11.5 Å². The van der Waals surface area contributed by atoms with E-state index in [1.54, 1.807) is 26.4 Å². The summed E-state index contributed by atoms with van der Waals surface area (Å²) in [5.74, 6) is 1.22. The molecule has 1 aromatic carbocycles. The first kappa shape index (κ1) is 16.1. The van der Waals surface area contributed by atoms with Gasteiger partial charge in [0, 0.05) is 6.54 Å². The summed E-state index contributed by atoms with van der Waals surface area (Å²) in [4.78, 5) is 0. The number of methoxy groups -OCH3 is 2. The molecule has 1 aliphatic rings. The molecular formula is C14H22N2O4S. The molecule has 1 heterocycles. The molecule has 1 aromatic rings. The van der Waals surface area contributed by atoms with E-state index >= 15 is 0 Å². The molecule has 0 bridgehead atoms. The van der Waals surface area contributed by atoms with Crippen molar-refractivity contribution in [2.45, 2.75) is 24.6 Å². The Labute approximate surface area is 125 Å². The van der Waals surface area contributed by atoms with Crippen molar-refractivity contribution in [2.24, 2.45) is 0 Å². The van der Waals surface area contributed by atoms with Gasteiger partial charge in [-0.2, -0.15) is 0 Å². The van der Waals surface area contributed by atoms with Gasteiger partial charge in [0.05, 0.1) is 19.5 Å². The van der Waals surface area contributed by atoms with Gasteiger partial charge in [-0.3, -0.25) is 0 Å². The lowest BCUT2D eigenvalue weighted by atomic mass is 10.2. The Bertz CT molecular complexity index is 568. The molecule has 2 rings (SSSR count). The van der Waals surface area contributed by atoms with Crippen LogP contribution < -0.4 is 19.5 Å². The van der Waals surface area contributed by atoms with Crippen LogP contribution in [-0.2, 0) is 16.6 Å². The highest BCUT2D eigenvalue weighted by atomic mass is 32.2. The third-order valence-corrected chi connectivity index (χ3v) is 5.55. The first-order valence-corrected chi connectivity index (χ1v) is 8.51. The second-order valence-electron chi connectivity index (χ2n) is 5.00. The normalized spacial score (nSPS) is 16.7. The van der Waals surface area contributed by atoms with Crippen LogP contribution >= 0.6 is 0 Å². The van der Waals surface area contributed by atoms with E-state index in [4.69, 9.17) is 9.47 Å². The van der Waals surface area contributed by atoms with E-state index < -0.39 is 10.0 Å². The second-order valence-corrected chi connectivity index (χ2v) is 7.05. The fourth-order valence-electron chi connectivity index (χ4n) is 2.40. The minimum absolute atomic E-state index is 0.257. The predicted octanol–water partition coefficient (Wildman–Crippen LogP) is 0.875. The zero-order valence-corrected chi connectivity index (χ0v) is 13.2. The molecule has 0 saturated carbocycles. The van der Waals surface area contributed by atoms with Crippen molar-refractivity contribution in [3.63, 3.8) is 0 Å². The Kier molecular flexibility index (Phi) is 5.44. The third-order valence-electron chi connectivity index (χ3n) is 3.65. The summed E-state index contributed by atoms with van der Waals surface area (Å²) in [5.41, 5.74) is 0.838. The van der Waals surface area contributed by atoms with Crippen molar-refractivity contribution in [2.75, 3.05) is 27.3 Å². The number of nitrogens with one attached hydrogen (secondary N) is 2. The van der Waals surface area contributed by atoms with E-state index in [1.807, 2.05) is 6.07 Å². The summed E-state index contributed by atoms with van der Waals surface area (Å²) >= 11 is 0. The van der Waals surface area contributed by atoms with E-state index in [9.17, 15) is 8.42 Å². The molecule has 0 radical (unpaired) electrons. The Morgan fingerprint density at radius 2 is 1.86 bits per heavy atom. The molecule has 0 aromatic heterocycles. The Balaban J connectivity index is 2.01. The van der Waals surface area contributed by atoms with E-state index in [0.717, 1.165) is 18.7 Å². The number of ether oxygens (including phenoxy) is 2. The number of benzene rings is 1. The quantitative estimate of drug-likeness (QED) is 0.815. The van der Waals surface area contributed by atoms with Crippen LogP contribution in [0.4, 0.5) is 0 Å². The average Bonchev–Trinajstić information content (AvgIpc) is 2.53. The lowest BCUT2D eigenvalue weighted by molar-refractivity contribution is 0.354. The zero-order valence-electron chi connectivity index (χ0n) is 12.4. The number of piperidine rings is 1. The molecule has 0 unspecified atom stereocenters. The Hall–Kier alpha value is -1.31. The topological polar surface area (TPSA) is 76.7 Å². The molecule has 2 N–H and O–H groups in total. The minimum Gasteiger partial charge on any atom is -0.493 e. The fraction of sp³-hybridized carbons (Fsp3) is 0.571. The van der Waals surface area contributed by atoms with E-state index in [-0.39, 0.29) is 11.8 Å². The van der Waals surface area contributed by atoms with Gasteiger partial charge in [-0.05, 0) is 43.6 Å². The number of hydrogen-bond acceptors (Lipinski definition) is 5. The smallest absolute Gasteiger partial charge is 0.214 e. The van der Waals surface area contributed by atoms with Gasteiger partial charge >= 0.3 is 0 Å². The lowest BCUT2D eigenvalue weighted by Gasteiger charge is -2.23. The second kappa shape index (κ2) is 7.11. The largest absolute Gasteiger partial charge is 0.493 e. The predicted molar refractivity (Wildman–Crippen MR) is 81.2 cm³/mol. The summed E-state index contributed by atoms with van der Waals surface area (Å²) in [6, 6.07) is 5.38. The third kappa shape index (κ3) is 4.09. The highest BCUT2D eigenvalue weighted by Crippen LogP contribution is 2.27. The molecule has 7 heteroatoms. The SMILES string of the molecule is COc1ccc(CNS(=O)(=O)C2CCNCC2)cc1OC. The summed E-state index contributed by atoms with van der Waals surface area (Å²) in [6.45, 7) is 1.76. The van der Waals surface area contributed by atoms with Gasteiger partial charge in [0.2, 0.25) is 10.0 Å². The summed E-state index contributed by atoms with van der Waals surface area (Å²) in [5, 5.41) is 2.86. The van der Waals surface area contributed by atoms with Crippen LogP contribution in [0.1, 0.15) is 18.4 Å². The molecule has 118 valence electrons. The van der Waals surface area contributed by atoms with Crippen LogP contribution in [0.5, 0.6) is 11.5 Å². The molecular weight excluding hydrogens is 292 g/mol. The minimum atomic E-state index is -3.28. The fourth-order valence-corrected chi connectivity index (χ4v) is 3.86. The van der Waals surface area contributed by atoms with Gasteiger partial charge < -0.3 is 14.8 Å². The molecule has 0 atom stereocenters. The van der Waals surface area contributed by atoms with Crippen LogP contribution in [-0.4, -0.2) is 41.0 Å². The average molecular weight is 314 g/mol. The van der Waals surface area contributed by atoms with Crippen molar-refractivity contribution in [1.29, 1.82) is 0 Å². The highest BCUT2D eigenvalue weighted by molar-refractivity contribution is 7.90. The van der Waals surface area contributed by atoms with E-state index in [0.29, 0.717) is 24.3 Å². The van der Waals surface area contributed by atoms with Crippen molar-refractivity contribution in [3.05, 3.63) is 23.8 Å². The maximum atomic E-state index is 12.2. The summed E-state index contributed by atoms with van der Waals surface area (Å²) < 4.78 is 37.5. The monoisotopic (exact) mass is 314 g/mol. The first-order chi connectivity index (χ1) is 10.1. The number of rotatable bonds is 6. The van der Waals surface area contributed by atoms with Gasteiger partial charge in [-0.1, -0.05) is 6.07 Å². The number of hydrogen-bond donors (Lipinski definition) is 2. The molecule has 0 aliphatic carbocycles. The Morgan fingerprint density at radius 1 is 1.19 bits per heavy atom. The molecule has 21 heavy (non-hydrogen) atoms. The van der Waals surface area contributed by atoms with Gasteiger partial charge in [-0.15, -0.1) is 0 Å². The van der Waals surface area contributed by atoms with Crippen molar-refractivity contribution in [1.82, 2.24) is 10.0 Å². The van der Waals surface area contributed by atoms with Crippen LogP contribution in [0.3, 0.4) is 0 Å². The molecule has 0 amide bonds. The van der Waals surface area contributed by atoms with Gasteiger partial charge in [0.1, 0.15) is 0 Å². The standard InChI is InChI=1S/C14H22N2O4S/c1-19-13-4-3-11(9-14(13)20-2)10-16-21(17,18)12-5-7-15-8-6-12/h3-4,9,12,15-16H,5-8,10H2,1-2H3. The van der Waals surface area contributed by atoms with Crippen molar-refractivity contribution < 1.29 is 17.9 Å². The highest BCUT2D eigenvalue weighted by Gasteiger charge is 2.26. The van der Waals surface area contributed by atoms with E-state index in [2.05, 4.69) is 10.0 Å². The van der Waals surface area contributed by atoms with Crippen molar-refractivity contribution in [3.8, 4) is 11.5 Å². The maximum absolute atomic E-state index is 12.2. The van der Waals surface area contributed by atoms with Crippen molar-refractivity contribution >= 4 is 10.0 Å². The van der Waals surface area contributed by atoms with Crippen LogP contribution in [0.15, 0.2) is 18.2 Å². The molecule has 1 fully saturated rings. The zero-order chi connectivity index (χ0) is 15.3. The summed E-state index contributed by atoms with van der Waals surface area (Å²) in [6.07, 6.45) is 1.31. The summed E-state index contributed by atoms with van der Waals surface area (Å²) in [7, 11) is -0.156. The lowest BCUT2D eigenvalue weighted by Crippen LogP contribution is -2.41. The molecule has 6 nitrogen and oxygen atoms in total. The maximum Gasteiger partial charge on any atom is 0.214 e. The first-order valence-electron chi connectivity index (χ1n) is 6.97. The van der Waals surface area contributed by atoms with Gasteiger partial charge in [-0.25, -0.2) is 13.1 Å². The van der Waals surface area contributed by atoms with E-state index in [1.165, 1.54) is 0 Å². The molecule has 1 saturated heterocycles. The molecule has 1 aliphatic heterocycles. The van der Waals surface area contributed by atoms with Crippen LogP contribution in [0, 0.1) is 0 Å². The van der Waals surface area contributed by atoms with Gasteiger partial charge in [0.25, 0.3) is 0 Å². The van der Waals surface area contributed by atoms with Crippen LogP contribution in [0.2, 0.25) is 0 Å². The Morgan fingerprint density at radius 3 is 2.48 bits per heavy atom. The van der Waals surface area contributed by atoms with Crippen LogP contribution in [0.25, 0.3) is 0 Å². The molecule has 0 spiro atoms.